The standard InChI is InChI=1S/C7H3BrN4S2/c1-2-4-6(11-13-9-4)3(8)7-5(2)10-14-12-7/h1H3. The molecule has 0 bridgehead atoms. The summed E-state index contributed by atoms with van der Waals surface area (Å²) in [6.07, 6.45) is 0. The third kappa shape index (κ3) is 0.971. The van der Waals surface area contributed by atoms with Crippen molar-refractivity contribution in [3.05, 3.63) is 10.0 Å². The fourth-order valence-corrected chi connectivity index (χ4v) is 3.38. The predicted molar refractivity (Wildman–Crippen MR) is 61.4 cm³/mol. The number of halogens is 1. The molecule has 0 N–H and O–H groups in total. The zero-order valence-electron chi connectivity index (χ0n) is 6.98. The van der Waals surface area contributed by atoms with Crippen molar-refractivity contribution in [1.82, 2.24) is 8.75 Å². The first kappa shape index (κ1) is 8.63. The highest BCUT2D eigenvalue weighted by Crippen LogP contribution is 2.45. The van der Waals surface area contributed by atoms with E-state index in [1.807, 2.05) is 6.92 Å². The molecule has 0 unspecified atom stereocenters. The summed E-state index contributed by atoms with van der Waals surface area (Å²) in [6, 6.07) is 0. The smallest absolute Gasteiger partial charge is 0.121 e. The van der Waals surface area contributed by atoms with Gasteiger partial charge in [0.1, 0.15) is 22.4 Å². The summed E-state index contributed by atoms with van der Waals surface area (Å²) < 4.78 is 17.8. The molecule has 1 aromatic carbocycles. The van der Waals surface area contributed by atoms with Gasteiger partial charge in [0.25, 0.3) is 0 Å². The van der Waals surface area contributed by atoms with Crippen LogP contribution in [-0.4, -0.2) is 8.75 Å². The zero-order chi connectivity index (χ0) is 9.71. The van der Waals surface area contributed by atoms with E-state index in [0.717, 1.165) is 32.4 Å². The first-order valence-corrected chi connectivity index (χ1v) is 6.07. The van der Waals surface area contributed by atoms with E-state index in [2.05, 4.69) is 33.4 Å². The number of benzene rings is 1. The van der Waals surface area contributed by atoms with Gasteiger partial charge in [-0.25, -0.2) is 0 Å². The van der Waals surface area contributed by atoms with Crippen molar-refractivity contribution in [3.63, 3.8) is 0 Å². The van der Waals surface area contributed by atoms with E-state index in [4.69, 9.17) is 0 Å². The Balaban J connectivity index is 2.59. The van der Waals surface area contributed by atoms with Gasteiger partial charge < -0.3 is 0 Å². The quantitative estimate of drug-likeness (QED) is 0.635. The molecule has 0 amide bonds. The molecule has 14 heavy (non-hydrogen) atoms. The van der Waals surface area contributed by atoms with E-state index < -0.39 is 0 Å². The maximum Gasteiger partial charge on any atom is 0.121 e. The van der Waals surface area contributed by atoms with E-state index >= 15 is 0 Å². The fourth-order valence-electron chi connectivity index (χ4n) is 1.38. The first-order chi connectivity index (χ1) is 6.79. The molecule has 1 aliphatic rings. The summed E-state index contributed by atoms with van der Waals surface area (Å²) in [5, 5.41) is 0. The van der Waals surface area contributed by atoms with Gasteiger partial charge in [0, 0.05) is 5.56 Å². The van der Waals surface area contributed by atoms with Crippen molar-refractivity contribution in [2.75, 3.05) is 0 Å². The highest BCUT2D eigenvalue weighted by atomic mass is 79.9. The summed E-state index contributed by atoms with van der Waals surface area (Å²) in [6.45, 7) is 2.00. The molecule has 0 saturated heterocycles. The molecule has 3 rings (SSSR count). The summed E-state index contributed by atoms with van der Waals surface area (Å²) in [7, 11) is 0. The second-order valence-electron chi connectivity index (χ2n) is 2.86. The number of rotatable bonds is 0. The lowest BCUT2D eigenvalue weighted by Gasteiger charge is -2.02. The zero-order valence-corrected chi connectivity index (χ0v) is 10.2. The number of aryl methyl sites for hydroxylation is 1. The Bertz CT molecular complexity index is 564. The van der Waals surface area contributed by atoms with E-state index in [1.165, 1.54) is 23.1 Å². The van der Waals surface area contributed by atoms with Crippen molar-refractivity contribution >= 4 is 61.4 Å². The molecule has 2 aromatic rings. The van der Waals surface area contributed by atoms with Crippen LogP contribution < -0.4 is 0 Å². The topological polar surface area (TPSA) is 50.5 Å². The van der Waals surface area contributed by atoms with E-state index in [0.29, 0.717) is 0 Å². The van der Waals surface area contributed by atoms with Crippen LogP contribution in [0.1, 0.15) is 5.56 Å². The molecule has 4 nitrogen and oxygen atoms in total. The van der Waals surface area contributed by atoms with E-state index in [-0.39, 0.29) is 0 Å². The molecule has 70 valence electrons. The lowest BCUT2D eigenvalue weighted by atomic mass is 10.1. The molecule has 2 heterocycles. The molecule has 0 fully saturated rings. The van der Waals surface area contributed by atoms with Crippen molar-refractivity contribution in [1.29, 1.82) is 0 Å². The number of aromatic nitrogens is 2. The van der Waals surface area contributed by atoms with Crippen molar-refractivity contribution in [3.8, 4) is 0 Å². The summed E-state index contributed by atoms with van der Waals surface area (Å²) >= 11 is 5.91. The molecule has 1 aromatic heterocycles. The number of hydrogen-bond donors (Lipinski definition) is 0. The van der Waals surface area contributed by atoms with Crippen molar-refractivity contribution in [2.45, 2.75) is 6.92 Å². The Kier molecular flexibility index (Phi) is 1.80. The Hall–Kier alpha value is -0.660. The van der Waals surface area contributed by atoms with Gasteiger partial charge in [0.2, 0.25) is 0 Å². The van der Waals surface area contributed by atoms with Gasteiger partial charge in [0.15, 0.2) is 0 Å². The number of fused-ring (bicyclic) bond motifs is 2. The SMILES string of the molecule is Cc1c2c(c(Br)c3nsnc13)N=S=N2. The van der Waals surface area contributed by atoms with Crippen molar-refractivity contribution < 1.29 is 0 Å². The van der Waals surface area contributed by atoms with Crippen LogP contribution >= 0.6 is 27.7 Å². The maximum absolute atomic E-state index is 4.25. The van der Waals surface area contributed by atoms with Gasteiger partial charge in [-0.3, -0.25) is 0 Å². The average molecular weight is 287 g/mol. The molecule has 0 aliphatic carbocycles. The molecular formula is C7H3BrN4S2. The van der Waals surface area contributed by atoms with Crippen LogP contribution in [0.2, 0.25) is 0 Å². The van der Waals surface area contributed by atoms with Crippen LogP contribution in [0.5, 0.6) is 0 Å². The Morgan fingerprint density at radius 1 is 1.07 bits per heavy atom. The van der Waals surface area contributed by atoms with Gasteiger partial charge in [-0.1, -0.05) is 0 Å². The molecule has 0 radical (unpaired) electrons. The van der Waals surface area contributed by atoms with Crippen molar-refractivity contribution in [2.24, 2.45) is 8.73 Å². The minimum Gasteiger partial charge on any atom is -0.173 e. The van der Waals surface area contributed by atoms with E-state index in [1.54, 1.807) is 0 Å². The Morgan fingerprint density at radius 3 is 2.64 bits per heavy atom. The monoisotopic (exact) mass is 286 g/mol. The van der Waals surface area contributed by atoms with Gasteiger partial charge in [-0.2, -0.15) is 17.5 Å². The fraction of sp³-hybridized carbons (Fsp3) is 0.143. The molecule has 0 spiro atoms. The number of nitrogens with zero attached hydrogens (tertiary/aromatic N) is 4. The third-order valence-electron chi connectivity index (χ3n) is 2.10. The van der Waals surface area contributed by atoms with Gasteiger partial charge >= 0.3 is 0 Å². The van der Waals surface area contributed by atoms with Gasteiger partial charge in [-0.05, 0) is 22.9 Å². The molecule has 0 saturated carbocycles. The van der Waals surface area contributed by atoms with Crippen LogP contribution in [-0.2, 0) is 11.4 Å². The highest BCUT2D eigenvalue weighted by Gasteiger charge is 2.19. The van der Waals surface area contributed by atoms with Crippen LogP contribution in [0.15, 0.2) is 13.2 Å². The minimum atomic E-state index is 0.882. The Morgan fingerprint density at radius 2 is 1.79 bits per heavy atom. The lowest BCUT2D eigenvalue weighted by Crippen LogP contribution is -1.80. The molecule has 1 aliphatic heterocycles. The highest BCUT2D eigenvalue weighted by molar-refractivity contribution is 9.10. The van der Waals surface area contributed by atoms with Crippen LogP contribution in [0, 0.1) is 6.92 Å². The molecule has 7 heteroatoms. The second kappa shape index (κ2) is 2.91. The summed E-state index contributed by atoms with van der Waals surface area (Å²) in [5.41, 5.74) is 4.66. The second-order valence-corrected chi connectivity index (χ2v) is 4.71. The predicted octanol–water partition coefficient (Wildman–Crippen LogP) is 3.49. The third-order valence-corrected chi connectivity index (χ3v) is 3.91. The minimum absolute atomic E-state index is 0.882. The van der Waals surface area contributed by atoms with Gasteiger partial charge in [-0.15, -0.1) is 0 Å². The van der Waals surface area contributed by atoms with E-state index in [9.17, 15) is 0 Å². The lowest BCUT2D eigenvalue weighted by molar-refractivity contribution is 1.42. The molecule has 0 atom stereocenters. The first-order valence-electron chi connectivity index (χ1n) is 3.81. The number of hydrogen-bond acceptors (Lipinski definition) is 5. The largest absolute Gasteiger partial charge is 0.173 e. The summed E-state index contributed by atoms with van der Waals surface area (Å²) in [4.78, 5) is 0. The average Bonchev–Trinajstić information content (AvgIpc) is 2.82. The Labute approximate surface area is 95.7 Å². The van der Waals surface area contributed by atoms with Crippen LogP contribution in [0.3, 0.4) is 0 Å². The maximum atomic E-state index is 4.25. The molecular weight excluding hydrogens is 284 g/mol. The normalized spacial score (nSPS) is 13.3. The van der Waals surface area contributed by atoms with Gasteiger partial charge in [0.05, 0.1) is 27.6 Å². The van der Waals surface area contributed by atoms with Crippen LogP contribution in [0.25, 0.3) is 11.0 Å². The summed E-state index contributed by atoms with van der Waals surface area (Å²) in [5.74, 6) is 0. The van der Waals surface area contributed by atoms with Crippen LogP contribution in [0.4, 0.5) is 11.4 Å².